The summed E-state index contributed by atoms with van der Waals surface area (Å²) in [5, 5.41) is 19.6. The highest BCUT2D eigenvalue weighted by atomic mass is 19.1. The summed E-state index contributed by atoms with van der Waals surface area (Å²) >= 11 is 0. The van der Waals surface area contributed by atoms with E-state index in [2.05, 4.69) is 27.0 Å². The topological polar surface area (TPSA) is 75.8 Å². The molecule has 180 valence electrons. The molecular weight excluding hydrogens is 445 g/mol. The van der Waals surface area contributed by atoms with Crippen molar-refractivity contribution in [2.75, 3.05) is 26.3 Å². The number of aromatic hydroxyl groups is 1. The van der Waals surface area contributed by atoms with Crippen LogP contribution < -0.4 is 0 Å². The van der Waals surface area contributed by atoms with E-state index >= 15 is 0 Å². The van der Waals surface area contributed by atoms with Crippen LogP contribution in [0.1, 0.15) is 30.7 Å². The molecule has 0 saturated carbocycles. The fraction of sp³-hybridized carbons (Fsp3) is 0.370. The van der Waals surface area contributed by atoms with Crippen LogP contribution in [0, 0.1) is 18.7 Å². The molecule has 1 aromatic carbocycles. The van der Waals surface area contributed by atoms with Crippen molar-refractivity contribution in [2.24, 2.45) is 5.92 Å². The molecule has 0 spiro atoms. The van der Waals surface area contributed by atoms with Gasteiger partial charge in [-0.1, -0.05) is 6.07 Å². The third-order valence-electron chi connectivity index (χ3n) is 7.47. The van der Waals surface area contributed by atoms with Crippen molar-refractivity contribution in [3.05, 3.63) is 66.0 Å². The summed E-state index contributed by atoms with van der Waals surface area (Å²) < 4.78 is 21.7. The molecule has 2 atom stereocenters. The smallest absolute Gasteiger partial charge is 0.173 e. The lowest BCUT2D eigenvalue weighted by atomic mass is 9.89. The van der Waals surface area contributed by atoms with Gasteiger partial charge in [-0.25, -0.2) is 9.37 Å². The van der Waals surface area contributed by atoms with Crippen LogP contribution in [0.5, 0.6) is 5.75 Å². The highest BCUT2D eigenvalue weighted by Crippen LogP contribution is 2.35. The van der Waals surface area contributed by atoms with E-state index < -0.39 is 5.82 Å². The number of phenolic OH excluding ortho intramolecular Hbond substituents is 1. The molecule has 5 heterocycles. The molecule has 4 aromatic rings. The van der Waals surface area contributed by atoms with Crippen LogP contribution in [-0.2, 0) is 4.74 Å². The van der Waals surface area contributed by atoms with Crippen molar-refractivity contribution in [2.45, 2.75) is 32.2 Å². The van der Waals surface area contributed by atoms with Gasteiger partial charge in [0.2, 0.25) is 0 Å². The molecule has 0 bridgehead atoms. The van der Waals surface area contributed by atoms with E-state index in [0.29, 0.717) is 45.9 Å². The van der Waals surface area contributed by atoms with Gasteiger partial charge in [-0.2, -0.15) is 10.2 Å². The maximum Gasteiger partial charge on any atom is 0.173 e. The zero-order valence-corrected chi connectivity index (χ0v) is 19.9. The average molecular weight is 474 g/mol. The lowest BCUT2D eigenvalue weighted by molar-refractivity contribution is 0.0588. The predicted molar refractivity (Wildman–Crippen MR) is 131 cm³/mol. The molecule has 2 unspecified atom stereocenters. The van der Waals surface area contributed by atoms with Gasteiger partial charge in [0.1, 0.15) is 5.75 Å². The molecular formula is C27H28FN5O2. The molecule has 0 aliphatic carbocycles. The summed E-state index contributed by atoms with van der Waals surface area (Å²) in [6, 6.07) is 11.2. The van der Waals surface area contributed by atoms with Crippen LogP contribution >= 0.6 is 0 Å². The Hall–Kier alpha value is -3.36. The minimum absolute atomic E-state index is 0.0780. The van der Waals surface area contributed by atoms with Crippen molar-refractivity contribution in [3.8, 4) is 28.1 Å². The molecule has 0 radical (unpaired) electrons. The Balaban J connectivity index is 1.17. The van der Waals surface area contributed by atoms with E-state index in [1.807, 2.05) is 31.3 Å². The molecule has 2 fully saturated rings. The number of benzene rings is 1. The van der Waals surface area contributed by atoms with Crippen LogP contribution in [0.15, 0.2) is 48.8 Å². The monoisotopic (exact) mass is 473 g/mol. The number of imidazole rings is 1. The SMILES string of the molecule is Cc1cn2cc(-c3ccc(-c4ccc(C5CN(C(C)C6CCOC6)C5)nn4)c(O)c3)cc(F)c2n1. The fourth-order valence-corrected chi connectivity index (χ4v) is 5.23. The Bertz CT molecular complexity index is 1370. The first kappa shape index (κ1) is 22.1. The van der Waals surface area contributed by atoms with Crippen molar-refractivity contribution in [1.29, 1.82) is 0 Å². The number of rotatable bonds is 5. The Morgan fingerprint density at radius 1 is 1.09 bits per heavy atom. The summed E-state index contributed by atoms with van der Waals surface area (Å²) in [6.07, 6.45) is 4.73. The van der Waals surface area contributed by atoms with E-state index in [9.17, 15) is 9.50 Å². The van der Waals surface area contributed by atoms with E-state index in [0.717, 1.165) is 44.1 Å². The predicted octanol–water partition coefficient (Wildman–Crippen LogP) is 4.44. The summed E-state index contributed by atoms with van der Waals surface area (Å²) in [7, 11) is 0. The molecule has 7 nitrogen and oxygen atoms in total. The lowest BCUT2D eigenvalue weighted by Gasteiger charge is -2.44. The molecule has 0 amide bonds. The van der Waals surface area contributed by atoms with Crippen LogP contribution in [0.2, 0.25) is 0 Å². The van der Waals surface area contributed by atoms with Crippen LogP contribution in [0.4, 0.5) is 4.39 Å². The van der Waals surface area contributed by atoms with Gasteiger partial charge < -0.3 is 14.2 Å². The Kier molecular flexibility index (Phi) is 5.50. The minimum Gasteiger partial charge on any atom is -0.507 e. The van der Waals surface area contributed by atoms with Gasteiger partial charge in [0.15, 0.2) is 11.5 Å². The first-order chi connectivity index (χ1) is 17.0. The number of aromatic nitrogens is 4. The molecule has 2 saturated heterocycles. The second-order valence-electron chi connectivity index (χ2n) is 9.78. The van der Waals surface area contributed by atoms with Gasteiger partial charge >= 0.3 is 0 Å². The number of aryl methyl sites for hydroxylation is 1. The normalized spacial score (nSPS) is 19.8. The molecule has 35 heavy (non-hydrogen) atoms. The van der Waals surface area contributed by atoms with Crippen LogP contribution in [0.3, 0.4) is 0 Å². The van der Waals surface area contributed by atoms with Gasteiger partial charge in [-0.15, -0.1) is 0 Å². The van der Waals surface area contributed by atoms with Gasteiger partial charge in [-0.3, -0.25) is 4.90 Å². The van der Waals surface area contributed by atoms with E-state index in [-0.39, 0.29) is 5.75 Å². The third kappa shape index (κ3) is 4.06. The quantitative estimate of drug-likeness (QED) is 0.462. The number of fused-ring (bicyclic) bond motifs is 1. The Morgan fingerprint density at radius 3 is 2.66 bits per heavy atom. The molecule has 1 N–H and O–H groups in total. The Morgan fingerprint density at radius 2 is 1.94 bits per heavy atom. The van der Waals surface area contributed by atoms with Crippen LogP contribution in [-0.4, -0.2) is 61.9 Å². The number of nitrogens with zero attached hydrogens (tertiary/aromatic N) is 5. The largest absolute Gasteiger partial charge is 0.507 e. The van der Waals surface area contributed by atoms with Gasteiger partial charge in [0, 0.05) is 55.2 Å². The zero-order chi connectivity index (χ0) is 24.1. The zero-order valence-electron chi connectivity index (χ0n) is 19.9. The molecule has 2 aliphatic rings. The maximum absolute atomic E-state index is 14.5. The first-order valence-electron chi connectivity index (χ1n) is 12.1. The number of halogens is 1. The van der Waals surface area contributed by atoms with Crippen molar-refractivity contribution in [3.63, 3.8) is 0 Å². The number of likely N-dealkylation sites (tertiary alicyclic amines) is 1. The standard InChI is InChI=1S/C27H28FN5O2/c1-16-11-33-12-20(9-23(28)27(33)29-16)18-3-4-22(26(34)10-18)25-6-5-24(30-31-25)21-13-32(14-21)17(2)19-7-8-35-15-19/h3-6,9-12,17,19,21,34H,7-8,13-15H2,1-2H3. The van der Waals surface area contributed by atoms with Crippen molar-refractivity contribution in [1.82, 2.24) is 24.5 Å². The summed E-state index contributed by atoms with van der Waals surface area (Å²) in [5.41, 5.74) is 4.58. The summed E-state index contributed by atoms with van der Waals surface area (Å²) in [6.45, 7) is 7.84. The van der Waals surface area contributed by atoms with Crippen molar-refractivity contribution >= 4 is 5.65 Å². The Labute approximate surface area is 203 Å². The summed E-state index contributed by atoms with van der Waals surface area (Å²) in [5.74, 6) is 0.683. The van der Waals surface area contributed by atoms with E-state index in [1.54, 1.807) is 22.7 Å². The molecule has 6 rings (SSSR count). The summed E-state index contributed by atoms with van der Waals surface area (Å²) in [4.78, 5) is 6.69. The first-order valence-corrected chi connectivity index (χ1v) is 12.1. The number of phenols is 1. The number of hydrogen-bond acceptors (Lipinski definition) is 6. The van der Waals surface area contributed by atoms with Crippen molar-refractivity contribution < 1.29 is 14.2 Å². The average Bonchev–Trinajstić information content (AvgIpc) is 3.48. The minimum atomic E-state index is -0.402. The van der Waals surface area contributed by atoms with Gasteiger partial charge in [-0.05, 0) is 62.1 Å². The highest BCUT2D eigenvalue weighted by molar-refractivity contribution is 5.74. The molecule has 2 aliphatic heterocycles. The molecule has 3 aromatic heterocycles. The van der Waals surface area contributed by atoms with E-state index in [4.69, 9.17) is 4.74 Å². The fourth-order valence-electron chi connectivity index (χ4n) is 5.23. The van der Waals surface area contributed by atoms with Gasteiger partial charge in [0.05, 0.1) is 23.7 Å². The molecule has 8 heteroatoms. The number of ether oxygens (including phenoxy) is 1. The maximum atomic E-state index is 14.5. The van der Waals surface area contributed by atoms with Gasteiger partial charge in [0.25, 0.3) is 0 Å². The second kappa shape index (κ2) is 8.70. The van der Waals surface area contributed by atoms with Crippen LogP contribution in [0.25, 0.3) is 28.0 Å². The lowest BCUT2D eigenvalue weighted by Crippen LogP contribution is -2.52. The highest BCUT2D eigenvalue weighted by Gasteiger charge is 2.36. The van der Waals surface area contributed by atoms with E-state index in [1.165, 1.54) is 6.07 Å². The number of pyridine rings is 1. The third-order valence-corrected chi connectivity index (χ3v) is 7.47. The number of hydrogen-bond donors (Lipinski definition) is 1. The second-order valence-corrected chi connectivity index (χ2v) is 9.78.